The van der Waals surface area contributed by atoms with Gasteiger partial charge in [-0.3, -0.25) is 4.79 Å². The van der Waals surface area contributed by atoms with Gasteiger partial charge in [0, 0.05) is 11.1 Å². The van der Waals surface area contributed by atoms with E-state index in [9.17, 15) is 14.9 Å². The van der Waals surface area contributed by atoms with Crippen molar-refractivity contribution < 1.29 is 14.3 Å². The zero-order valence-electron chi connectivity index (χ0n) is 14.1. The molecular weight excluding hydrogens is 304 g/mol. The van der Waals surface area contributed by atoms with Gasteiger partial charge in [-0.2, -0.15) is 5.26 Å². The summed E-state index contributed by atoms with van der Waals surface area (Å²) >= 11 is 0. The molecule has 0 saturated heterocycles. The first-order valence-electron chi connectivity index (χ1n) is 8.34. The Kier molecular flexibility index (Phi) is 6.14. The lowest BCUT2D eigenvalue weighted by molar-refractivity contribution is -0.139. The number of hydrogen-bond acceptors (Lipinski definition) is 4. The van der Waals surface area contributed by atoms with Crippen molar-refractivity contribution in [1.82, 2.24) is 5.32 Å². The Balaban J connectivity index is 2.16. The van der Waals surface area contributed by atoms with E-state index in [-0.39, 0.29) is 17.2 Å². The van der Waals surface area contributed by atoms with Gasteiger partial charge < -0.3 is 10.1 Å². The van der Waals surface area contributed by atoms with Gasteiger partial charge in [-0.05, 0) is 18.4 Å². The summed E-state index contributed by atoms with van der Waals surface area (Å²) in [5.41, 5.74) is 1.11. The molecular formula is C19H22N2O3. The molecule has 0 saturated carbocycles. The zero-order valence-corrected chi connectivity index (χ0v) is 14.1. The number of carbonyl (C=O) groups excluding carboxylic acids is 2. The molecule has 24 heavy (non-hydrogen) atoms. The second-order valence-electron chi connectivity index (χ2n) is 5.88. The maximum absolute atomic E-state index is 12.3. The largest absolute Gasteiger partial charge is 0.461 e. The fourth-order valence-corrected chi connectivity index (χ4v) is 2.71. The van der Waals surface area contributed by atoms with Gasteiger partial charge in [0.15, 0.2) is 5.57 Å². The standard InChI is InChI=1S/C19H22N2O3/c1-3-5-8-13(4-2)12-24-19(23)16(11-20)17-14-9-6-7-10-15(14)18(22)21-17/h6-7,9-10,13H,3-5,8,12H2,1-2H3,(H,21,22)/b17-16+. The average Bonchev–Trinajstić information content (AvgIpc) is 2.93. The van der Waals surface area contributed by atoms with E-state index in [1.807, 2.05) is 6.07 Å². The third-order valence-corrected chi connectivity index (χ3v) is 4.24. The number of amides is 1. The van der Waals surface area contributed by atoms with Crippen LogP contribution in [0, 0.1) is 17.2 Å². The van der Waals surface area contributed by atoms with E-state index >= 15 is 0 Å². The molecule has 0 fully saturated rings. The predicted molar refractivity (Wildman–Crippen MR) is 90.7 cm³/mol. The molecule has 5 heteroatoms. The van der Waals surface area contributed by atoms with E-state index in [4.69, 9.17) is 4.74 Å². The minimum Gasteiger partial charge on any atom is -0.461 e. The summed E-state index contributed by atoms with van der Waals surface area (Å²) in [4.78, 5) is 24.3. The first kappa shape index (κ1) is 17.7. The second-order valence-corrected chi connectivity index (χ2v) is 5.88. The number of hydrogen-bond donors (Lipinski definition) is 1. The van der Waals surface area contributed by atoms with Crippen LogP contribution in [0.15, 0.2) is 29.8 Å². The van der Waals surface area contributed by atoms with Gasteiger partial charge in [0.1, 0.15) is 6.07 Å². The Morgan fingerprint density at radius 1 is 1.29 bits per heavy atom. The SMILES string of the molecule is CCCCC(CC)COC(=O)/C(C#N)=C1/NC(=O)c2ccccc21. The van der Waals surface area contributed by atoms with Gasteiger partial charge in [0.2, 0.25) is 0 Å². The monoisotopic (exact) mass is 326 g/mol. The summed E-state index contributed by atoms with van der Waals surface area (Å²) < 4.78 is 5.34. The second kappa shape index (κ2) is 8.30. The number of fused-ring (bicyclic) bond motifs is 1. The molecule has 2 rings (SSSR count). The Bertz CT molecular complexity index is 701. The number of nitrogens with one attached hydrogen (secondary N) is 1. The molecule has 126 valence electrons. The van der Waals surface area contributed by atoms with E-state index in [1.54, 1.807) is 24.3 Å². The van der Waals surface area contributed by atoms with Crippen molar-refractivity contribution in [3.05, 3.63) is 41.0 Å². The summed E-state index contributed by atoms with van der Waals surface area (Å²) in [6.07, 6.45) is 4.11. The molecule has 1 N–H and O–H groups in total. The smallest absolute Gasteiger partial charge is 0.351 e. The predicted octanol–water partition coefficient (Wildman–Crippen LogP) is 3.42. The Hall–Kier alpha value is -2.61. The highest BCUT2D eigenvalue weighted by Gasteiger charge is 2.29. The van der Waals surface area contributed by atoms with Crippen molar-refractivity contribution in [3.8, 4) is 6.07 Å². The van der Waals surface area contributed by atoms with Crippen LogP contribution in [-0.2, 0) is 9.53 Å². The van der Waals surface area contributed by atoms with Crippen molar-refractivity contribution in [2.24, 2.45) is 5.92 Å². The molecule has 0 spiro atoms. The van der Waals surface area contributed by atoms with Gasteiger partial charge in [0.05, 0.1) is 12.3 Å². The van der Waals surface area contributed by atoms with E-state index in [1.165, 1.54) is 0 Å². The van der Waals surface area contributed by atoms with Crippen molar-refractivity contribution in [3.63, 3.8) is 0 Å². The van der Waals surface area contributed by atoms with Gasteiger partial charge in [-0.15, -0.1) is 0 Å². The molecule has 1 aromatic carbocycles. The van der Waals surface area contributed by atoms with Crippen molar-refractivity contribution in [2.75, 3.05) is 6.61 Å². The number of carbonyl (C=O) groups is 2. The molecule has 0 bridgehead atoms. The average molecular weight is 326 g/mol. The minimum atomic E-state index is -0.681. The van der Waals surface area contributed by atoms with Crippen LogP contribution in [0.5, 0.6) is 0 Å². The molecule has 1 heterocycles. The van der Waals surface area contributed by atoms with E-state index in [0.29, 0.717) is 23.7 Å². The van der Waals surface area contributed by atoms with Gasteiger partial charge >= 0.3 is 5.97 Å². The first-order valence-corrected chi connectivity index (χ1v) is 8.34. The van der Waals surface area contributed by atoms with Crippen LogP contribution < -0.4 is 5.32 Å². The van der Waals surface area contributed by atoms with Crippen LogP contribution >= 0.6 is 0 Å². The Morgan fingerprint density at radius 2 is 2.00 bits per heavy atom. The third-order valence-electron chi connectivity index (χ3n) is 4.24. The first-order chi connectivity index (χ1) is 11.6. The lowest BCUT2D eigenvalue weighted by Crippen LogP contribution is -2.19. The van der Waals surface area contributed by atoms with Crippen molar-refractivity contribution >= 4 is 17.6 Å². The van der Waals surface area contributed by atoms with Crippen LogP contribution in [0.2, 0.25) is 0 Å². The maximum Gasteiger partial charge on any atom is 0.351 e. The molecule has 0 aromatic heterocycles. The number of nitriles is 1. The molecule has 1 aliphatic heterocycles. The van der Waals surface area contributed by atoms with Gasteiger partial charge in [-0.25, -0.2) is 4.79 Å². The molecule has 1 amide bonds. The quantitative estimate of drug-likeness (QED) is 0.473. The number of nitrogens with zero attached hydrogens (tertiary/aromatic N) is 1. The van der Waals surface area contributed by atoms with Crippen molar-refractivity contribution in [2.45, 2.75) is 39.5 Å². The highest BCUT2D eigenvalue weighted by molar-refractivity contribution is 6.14. The molecule has 0 aliphatic carbocycles. The van der Waals surface area contributed by atoms with Crippen LogP contribution in [0.3, 0.4) is 0 Å². The van der Waals surface area contributed by atoms with Gasteiger partial charge in [0.25, 0.3) is 5.91 Å². The maximum atomic E-state index is 12.3. The number of benzene rings is 1. The zero-order chi connectivity index (χ0) is 17.5. The number of esters is 1. The van der Waals surface area contributed by atoms with E-state index in [0.717, 1.165) is 25.7 Å². The number of ether oxygens (including phenoxy) is 1. The molecule has 1 aliphatic rings. The molecule has 0 radical (unpaired) electrons. The summed E-state index contributed by atoms with van der Waals surface area (Å²) in [5, 5.41) is 12.0. The molecule has 1 atom stereocenters. The lowest BCUT2D eigenvalue weighted by Gasteiger charge is -2.14. The van der Waals surface area contributed by atoms with E-state index in [2.05, 4.69) is 19.2 Å². The van der Waals surface area contributed by atoms with Crippen molar-refractivity contribution in [1.29, 1.82) is 5.26 Å². The molecule has 5 nitrogen and oxygen atoms in total. The van der Waals surface area contributed by atoms with Crippen LogP contribution in [-0.4, -0.2) is 18.5 Å². The van der Waals surface area contributed by atoms with Crippen LogP contribution in [0.25, 0.3) is 5.70 Å². The summed E-state index contributed by atoms with van der Waals surface area (Å²) in [5.74, 6) is -0.695. The summed E-state index contributed by atoms with van der Waals surface area (Å²) in [6.45, 7) is 4.48. The Morgan fingerprint density at radius 3 is 2.62 bits per heavy atom. The number of rotatable bonds is 7. The third kappa shape index (κ3) is 3.83. The van der Waals surface area contributed by atoms with E-state index < -0.39 is 5.97 Å². The summed E-state index contributed by atoms with van der Waals surface area (Å²) in [6, 6.07) is 8.76. The topological polar surface area (TPSA) is 79.2 Å². The normalized spacial score (nSPS) is 16.0. The van der Waals surface area contributed by atoms with Crippen LogP contribution in [0.4, 0.5) is 0 Å². The highest BCUT2D eigenvalue weighted by atomic mass is 16.5. The highest BCUT2D eigenvalue weighted by Crippen LogP contribution is 2.27. The minimum absolute atomic E-state index is 0.154. The van der Waals surface area contributed by atoms with Crippen LogP contribution in [0.1, 0.15) is 55.5 Å². The number of unbranched alkanes of at least 4 members (excludes halogenated alkanes) is 1. The Labute approximate surface area is 142 Å². The lowest BCUT2D eigenvalue weighted by atomic mass is 10.0. The van der Waals surface area contributed by atoms with Gasteiger partial charge in [-0.1, -0.05) is 51.3 Å². The molecule has 1 aromatic rings. The molecule has 1 unspecified atom stereocenters. The fraction of sp³-hybridized carbons (Fsp3) is 0.421. The summed E-state index contributed by atoms with van der Waals surface area (Å²) in [7, 11) is 0. The fourth-order valence-electron chi connectivity index (χ4n) is 2.71.